The lowest BCUT2D eigenvalue weighted by atomic mass is 10.1. The number of ether oxygens (including phenoxy) is 1. The van der Waals surface area contributed by atoms with Gasteiger partial charge in [0.1, 0.15) is 9.71 Å². The first-order valence-electron chi connectivity index (χ1n) is 6.36. The van der Waals surface area contributed by atoms with Crippen molar-refractivity contribution in [1.82, 2.24) is 15.5 Å². The van der Waals surface area contributed by atoms with Gasteiger partial charge >= 0.3 is 0 Å². The van der Waals surface area contributed by atoms with E-state index in [9.17, 15) is 4.79 Å². The molecule has 6 nitrogen and oxygen atoms in total. The predicted octanol–water partition coefficient (Wildman–Crippen LogP) is 1.82. The molecule has 2 heterocycles. The number of hydrogen-bond donors (Lipinski definition) is 2. The maximum absolute atomic E-state index is 12.2. The van der Waals surface area contributed by atoms with Crippen molar-refractivity contribution in [2.45, 2.75) is 26.4 Å². The number of rotatable bonds is 5. The molecule has 2 aromatic heterocycles. The van der Waals surface area contributed by atoms with Crippen molar-refractivity contribution in [3.8, 4) is 0 Å². The van der Waals surface area contributed by atoms with Crippen LogP contribution in [0.25, 0.3) is 10.2 Å². The van der Waals surface area contributed by atoms with Gasteiger partial charge < -0.3 is 15.8 Å². The number of aromatic nitrogens is 2. The minimum atomic E-state index is -0.407. The number of carbonyl (C=O) groups is 1. The molecule has 0 aromatic carbocycles. The zero-order chi connectivity index (χ0) is 14.8. The molecule has 0 aliphatic carbocycles. The molecule has 0 radical (unpaired) electrons. The number of fused-ring (bicyclic) bond motifs is 1. The Labute approximate surface area is 121 Å². The van der Waals surface area contributed by atoms with E-state index in [1.165, 1.54) is 11.3 Å². The predicted molar refractivity (Wildman–Crippen MR) is 79.9 cm³/mol. The zero-order valence-corrected chi connectivity index (χ0v) is 12.6. The van der Waals surface area contributed by atoms with Gasteiger partial charge in [-0.05, 0) is 26.8 Å². The Kier molecular flexibility index (Phi) is 4.20. The molecule has 2 rings (SSSR count). The summed E-state index contributed by atoms with van der Waals surface area (Å²) < 4.78 is 5.54. The molecule has 0 aliphatic heterocycles. The van der Waals surface area contributed by atoms with Gasteiger partial charge in [-0.25, -0.2) is 0 Å². The fraction of sp³-hybridized carbons (Fsp3) is 0.462. The van der Waals surface area contributed by atoms with Crippen molar-refractivity contribution in [2.75, 3.05) is 18.9 Å². The Balaban J connectivity index is 2.14. The fourth-order valence-electron chi connectivity index (χ4n) is 1.86. The summed E-state index contributed by atoms with van der Waals surface area (Å²) in [6, 6.07) is 1.76. The number of nitrogens with one attached hydrogen (secondary N) is 1. The number of nitrogens with two attached hydrogens (primary N) is 1. The number of nitrogens with zero attached hydrogens (tertiary/aromatic N) is 2. The molecule has 0 saturated carbocycles. The van der Waals surface area contributed by atoms with Crippen LogP contribution in [-0.2, 0) is 4.74 Å². The van der Waals surface area contributed by atoms with Crippen LogP contribution in [-0.4, -0.2) is 34.9 Å². The smallest absolute Gasteiger partial charge is 0.263 e. The minimum absolute atomic E-state index is 0.210. The topological polar surface area (TPSA) is 90.1 Å². The average molecular weight is 294 g/mol. The third-order valence-corrected chi connectivity index (χ3v) is 3.94. The van der Waals surface area contributed by atoms with Crippen LogP contribution in [0, 0.1) is 0 Å². The molecule has 20 heavy (non-hydrogen) atoms. The van der Waals surface area contributed by atoms with Crippen LogP contribution < -0.4 is 11.1 Å². The van der Waals surface area contributed by atoms with Gasteiger partial charge in [-0.2, -0.15) is 5.10 Å². The first-order chi connectivity index (χ1) is 9.44. The van der Waals surface area contributed by atoms with Crippen molar-refractivity contribution in [3.63, 3.8) is 0 Å². The van der Waals surface area contributed by atoms with Gasteiger partial charge in [-0.1, -0.05) is 0 Å². The molecular formula is C13H18N4O2S. The number of amides is 1. The Morgan fingerprint density at radius 1 is 1.55 bits per heavy atom. The molecule has 0 bridgehead atoms. The van der Waals surface area contributed by atoms with E-state index in [2.05, 4.69) is 15.5 Å². The normalized spacial score (nSPS) is 11.8. The number of anilines is 1. The summed E-state index contributed by atoms with van der Waals surface area (Å²) in [7, 11) is 0. The van der Waals surface area contributed by atoms with Crippen LogP contribution in [0.4, 0.5) is 5.69 Å². The van der Waals surface area contributed by atoms with E-state index in [-0.39, 0.29) is 5.91 Å². The Bertz CT molecular complexity index is 624. The quantitative estimate of drug-likeness (QED) is 0.878. The van der Waals surface area contributed by atoms with E-state index in [1.807, 2.05) is 20.8 Å². The van der Waals surface area contributed by atoms with Gasteiger partial charge in [-0.3, -0.25) is 4.79 Å². The Hall–Kier alpha value is -1.73. The molecule has 1 amide bonds. The molecule has 0 aliphatic rings. The van der Waals surface area contributed by atoms with Crippen molar-refractivity contribution >= 4 is 33.1 Å². The maximum Gasteiger partial charge on any atom is 0.263 e. The number of carbonyl (C=O) groups excluding carboxylic acids is 1. The second-order valence-electron chi connectivity index (χ2n) is 4.97. The van der Waals surface area contributed by atoms with E-state index >= 15 is 0 Å². The fourth-order valence-corrected chi connectivity index (χ4v) is 2.81. The van der Waals surface area contributed by atoms with Gasteiger partial charge in [0.05, 0.1) is 17.5 Å². The summed E-state index contributed by atoms with van der Waals surface area (Å²) in [5.41, 5.74) is 6.03. The number of nitrogen functional groups attached to an aromatic ring is 1. The molecule has 0 saturated heterocycles. The van der Waals surface area contributed by atoms with Crippen LogP contribution >= 0.6 is 11.3 Å². The molecule has 7 heteroatoms. The Morgan fingerprint density at radius 3 is 2.95 bits per heavy atom. The van der Waals surface area contributed by atoms with E-state index in [0.29, 0.717) is 28.5 Å². The summed E-state index contributed by atoms with van der Waals surface area (Å²) in [6.45, 7) is 6.79. The van der Waals surface area contributed by atoms with Crippen LogP contribution in [0.15, 0.2) is 12.3 Å². The van der Waals surface area contributed by atoms with E-state index < -0.39 is 5.60 Å². The molecular weight excluding hydrogens is 276 g/mol. The summed E-state index contributed by atoms with van der Waals surface area (Å²) >= 11 is 1.24. The minimum Gasteiger partial charge on any atom is -0.397 e. The number of hydrogen-bond acceptors (Lipinski definition) is 6. The van der Waals surface area contributed by atoms with Gasteiger partial charge in [0, 0.05) is 18.5 Å². The molecule has 2 aromatic rings. The monoisotopic (exact) mass is 294 g/mol. The average Bonchev–Trinajstić information content (AvgIpc) is 2.74. The van der Waals surface area contributed by atoms with E-state index in [1.54, 1.807) is 12.3 Å². The lowest BCUT2D eigenvalue weighted by Crippen LogP contribution is -2.40. The van der Waals surface area contributed by atoms with Gasteiger partial charge in [-0.15, -0.1) is 16.4 Å². The summed E-state index contributed by atoms with van der Waals surface area (Å²) in [5.74, 6) is -0.210. The zero-order valence-electron chi connectivity index (χ0n) is 11.8. The van der Waals surface area contributed by atoms with Crippen molar-refractivity contribution in [3.05, 3.63) is 17.1 Å². The molecule has 0 unspecified atom stereocenters. The maximum atomic E-state index is 12.2. The van der Waals surface area contributed by atoms with Crippen LogP contribution in [0.5, 0.6) is 0 Å². The van der Waals surface area contributed by atoms with Crippen LogP contribution in [0.1, 0.15) is 30.4 Å². The molecule has 3 N–H and O–H groups in total. The summed E-state index contributed by atoms with van der Waals surface area (Å²) in [4.78, 5) is 13.3. The first-order valence-corrected chi connectivity index (χ1v) is 7.18. The van der Waals surface area contributed by atoms with E-state index in [4.69, 9.17) is 10.5 Å². The molecule has 108 valence electrons. The lowest BCUT2D eigenvalue weighted by Gasteiger charge is -2.24. The standard InChI is InChI=1S/C13H18N4O2S/c1-4-19-13(2,3)7-15-11(18)10-9(14)8-5-6-16-17-12(8)20-10/h5-6H,4,7,14H2,1-3H3,(H,15,18). The van der Waals surface area contributed by atoms with Gasteiger partial charge in [0.15, 0.2) is 0 Å². The van der Waals surface area contributed by atoms with Crippen LogP contribution in [0.3, 0.4) is 0 Å². The SMILES string of the molecule is CCOC(C)(C)CNC(=O)c1sc2nnccc2c1N. The summed E-state index contributed by atoms with van der Waals surface area (Å²) in [5, 5.41) is 11.4. The summed E-state index contributed by atoms with van der Waals surface area (Å²) in [6.07, 6.45) is 1.56. The second-order valence-corrected chi connectivity index (χ2v) is 5.97. The lowest BCUT2D eigenvalue weighted by molar-refractivity contribution is -0.00812. The molecule has 0 atom stereocenters. The van der Waals surface area contributed by atoms with E-state index in [0.717, 1.165) is 5.39 Å². The molecule has 0 fully saturated rings. The van der Waals surface area contributed by atoms with Crippen molar-refractivity contribution < 1.29 is 9.53 Å². The third-order valence-electron chi connectivity index (χ3n) is 2.84. The third kappa shape index (κ3) is 3.05. The van der Waals surface area contributed by atoms with Crippen LogP contribution in [0.2, 0.25) is 0 Å². The van der Waals surface area contributed by atoms with Gasteiger partial charge in [0.2, 0.25) is 0 Å². The van der Waals surface area contributed by atoms with Crippen molar-refractivity contribution in [1.29, 1.82) is 0 Å². The first kappa shape index (κ1) is 14.7. The van der Waals surface area contributed by atoms with Gasteiger partial charge in [0.25, 0.3) is 5.91 Å². The largest absolute Gasteiger partial charge is 0.397 e. The highest BCUT2D eigenvalue weighted by atomic mass is 32.1. The highest BCUT2D eigenvalue weighted by molar-refractivity contribution is 7.21. The number of thiophene rings is 1. The highest BCUT2D eigenvalue weighted by Gasteiger charge is 2.22. The highest BCUT2D eigenvalue weighted by Crippen LogP contribution is 2.31. The molecule has 0 spiro atoms. The van der Waals surface area contributed by atoms with Crippen molar-refractivity contribution in [2.24, 2.45) is 0 Å². The second kappa shape index (κ2) is 5.72. The Morgan fingerprint density at radius 2 is 2.30 bits per heavy atom.